The Labute approximate surface area is 196 Å². The third kappa shape index (κ3) is 6.19. The molecular formula is C26H46O5S. The second-order valence-electron chi connectivity index (χ2n) is 12.3. The lowest BCUT2D eigenvalue weighted by Crippen LogP contribution is -2.38. The minimum absolute atomic E-state index is 0.0488. The lowest BCUT2D eigenvalue weighted by molar-refractivity contribution is 0.0764. The number of phenols is 1. The summed E-state index contributed by atoms with van der Waals surface area (Å²) >= 11 is 0. The van der Waals surface area contributed by atoms with Crippen LogP contribution in [0.3, 0.4) is 0 Å². The maximum Gasteiger partial charge on any atom is 0.301 e. The first-order chi connectivity index (χ1) is 14.2. The van der Waals surface area contributed by atoms with Gasteiger partial charge in [0.15, 0.2) is 4.90 Å². The summed E-state index contributed by atoms with van der Waals surface area (Å²) in [6, 6.07) is 0. The fraction of sp³-hybridized carbons (Fsp3) is 0.769. The van der Waals surface area contributed by atoms with Gasteiger partial charge in [-0.1, -0.05) is 69.2 Å². The van der Waals surface area contributed by atoms with Crippen LogP contribution in [0.15, 0.2) is 4.90 Å². The van der Waals surface area contributed by atoms with Gasteiger partial charge < -0.3 is 9.84 Å². The monoisotopic (exact) mass is 470 g/mol. The Hall–Kier alpha value is -1.27. The molecule has 0 aromatic heterocycles. The molecule has 6 heteroatoms. The van der Waals surface area contributed by atoms with Crippen molar-refractivity contribution in [3.63, 3.8) is 0 Å². The summed E-state index contributed by atoms with van der Waals surface area (Å²) < 4.78 is 40.6. The zero-order valence-corrected chi connectivity index (χ0v) is 23.1. The number of aromatic hydroxyl groups is 1. The van der Waals surface area contributed by atoms with Crippen molar-refractivity contribution in [2.24, 2.45) is 22.2 Å². The topological polar surface area (TPSA) is 83.8 Å². The van der Waals surface area contributed by atoms with Crippen LogP contribution in [-0.4, -0.2) is 25.2 Å². The third-order valence-electron chi connectivity index (χ3n) is 6.40. The first kappa shape index (κ1) is 28.8. The lowest BCUT2D eigenvalue weighted by Gasteiger charge is -2.49. The number of hydrogen-bond acceptors (Lipinski definition) is 4. The van der Waals surface area contributed by atoms with Crippen LogP contribution in [0.4, 0.5) is 0 Å². The van der Waals surface area contributed by atoms with Crippen LogP contribution in [0.25, 0.3) is 0 Å². The van der Waals surface area contributed by atoms with Gasteiger partial charge in [0, 0.05) is 5.56 Å². The van der Waals surface area contributed by atoms with Crippen molar-refractivity contribution in [3.05, 3.63) is 16.7 Å². The summed E-state index contributed by atoms with van der Waals surface area (Å²) in [7, 11) is -3.30. The van der Waals surface area contributed by atoms with E-state index in [1.165, 1.54) is 7.11 Å². The Morgan fingerprint density at radius 2 is 1.50 bits per heavy atom. The molecule has 0 amide bonds. The van der Waals surface area contributed by atoms with E-state index in [9.17, 15) is 18.1 Å². The molecule has 186 valence electrons. The highest BCUT2D eigenvalue weighted by molar-refractivity contribution is 7.86. The summed E-state index contributed by atoms with van der Waals surface area (Å²) in [4.78, 5) is -0.519. The van der Waals surface area contributed by atoms with Crippen molar-refractivity contribution in [1.29, 1.82) is 0 Å². The molecule has 0 radical (unpaired) electrons. The van der Waals surface area contributed by atoms with E-state index < -0.39 is 20.8 Å². The lowest BCUT2D eigenvalue weighted by atomic mass is 9.55. The van der Waals surface area contributed by atoms with Gasteiger partial charge in [0.2, 0.25) is 0 Å². The zero-order valence-electron chi connectivity index (χ0n) is 22.3. The van der Waals surface area contributed by atoms with Gasteiger partial charge in [0.05, 0.1) is 7.11 Å². The van der Waals surface area contributed by atoms with Crippen molar-refractivity contribution in [1.82, 2.24) is 0 Å². The van der Waals surface area contributed by atoms with Crippen LogP contribution >= 0.6 is 0 Å². The molecule has 0 aliphatic rings. The second-order valence-corrected chi connectivity index (χ2v) is 13.7. The van der Waals surface area contributed by atoms with E-state index >= 15 is 0 Å². The highest BCUT2D eigenvalue weighted by atomic mass is 32.2. The Morgan fingerprint density at radius 3 is 1.84 bits per heavy atom. The van der Waals surface area contributed by atoms with Crippen LogP contribution in [0, 0.1) is 29.1 Å². The van der Waals surface area contributed by atoms with E-state index in [-0.39, 0.29) is 27.9 Å². The predicted molar refractivity (Wildman–Crippen MR) is 132 cm³/mol. The van der Waals surface area contributed by atoms with Gasteiger partial charge >= 0.3 is 10.1 Å². The predicted octanol–water partition coefficient (Wildman–Crippen LogP) is 7.14. The summed E-state index contributed by atoms with van der Waals surface area (Å²) in [6.07, 6.45) is 2.27. The molecule has 1 aromatic carbocycles. The number of methoxy groups -OCH3 is 1. The van der Waals surface area contributed by atoms with Crippen LogP contribution in [0.1, 0.15) is 105 Å². The van der Waals surface area contributed by atoms with E-state index in [1.807, 2.05) is 13.8 Å². The molecule has 2 N–H and O–H groups in total. The summed E-state index contributed by atoms with van der Waals surface area (Å²) in [5, 5.41) is 10.8. The molecule has 5 nitrogen and oxygen atoms in total. The smallest absolute Gasteiger partial charge is 0.301 e. The van der Waals surface area contributed by atoms with E-state index in [0.717, 1.165) is 24.0 Å². The number of phenolic OH excluding ortho intramolecular Hbond substituents is 1. The first-order valence-electron chi connectivity index (χ1n) is 11.6. The molecular weight excluding hydrogens is 424 g/mol. The average molecular weight is 471 g/mol. The fourth-order valence-electron chi connectivity index (χ4n) is 6.58. The third-order valence-corrected chi connectivity index (χ3v) is 7.29. The Kier molecular flexibility index (Phi) is 8.57. The molecule has 0 aliphatic heterocycles. The molecule has 32 heavy (non-hydrogen) atoms. The quantitative estimate of drug-likeness (QED) is 0.375. The Bertz CT molecular complexity index is 919. The molecule has 0 saturated carbocycles. The number of hydrogen-bond donors (Lipinski definition) is 2. The highest BCUT2D eigenvalue weighted by Crippen LogP contribution is 2.59. The van der Waals surface area contributed by atoms with Crippen LogP contribution in [0.2, 0.25) is 0 Å². The minimum Gasteiger partial charge on any atom is -0.506 e. The number of benzene rings is 1. The van der Waals surface area contributed by atoms with Gasteiger partial charge in [-0.05, 0) is 65.4 Å². The number of ether oxygens (including phenoxy) is 1. The molecule has 0 fully saturated rings. The number of rotatable bonds is 9. The summed E-state index contributed by atoms with van der Waals surface area (Å²) in [5.74, 6) is -0.00308. The van der Waals surface area contributed by atoms with E-state index in [4.69, 9.17) is 4.74 Å². The van der Waals surface area contributed by atoms with Crippen LogP contribution in [0.5, 0.6) is 11.5 Å². The normalized spacial score (nSPS) is 14.7. The highest BCUT2D eigenvalue weighted by Gasteiger charge is 2.47. The van der Waals surface area contributed by atoms with Crippen molar-refractivity contribution < 1.29 is 22.8 Å². The molecule has 0 bridgehead atoms. The van der Waals surface area contributed by atoms with Gasteiger partial charge in [-0.15, -0.1) is 0 Å². The Balaban J connectivity index is 4.24. The molecule has 0 saturated heterocycles. The van der Waals surface area contributed by atoms with Crippen LogP contribution in [-0.2, 0) is 16.5 Å². The Morgan fingerprint density at radius 1 is 1.00 bits per heavy atom. The second kappa shape index (κ2) is 9.54. The van der Waals surface area contributed by atoms with E-state index in [0.29, 0.717) is 17.9 Å². The summed E-state index contributed by atoms with van der Waals surface area (Å²) in [6.45, 7) is 23.7. The van der Waals surface area contributed by atoms with Crippen molar-refractivity contribution in [2.75, 3.05) is 7.11 Å². The standard InChI is InChI=1S/C26H46O5S/c1-13-18-17(4)19(21(31-12)22(20(18)27)32(28,29)30)23(25(8,9)14-16(2)3)26(10,11)15-24(5,6)7/h16,23,27H,13-15H2,1-12H3,(H,28,29,30). The SMILES string of the molecule is CCc1c(C)c(C(C(C)(C)CC(C)C)C(C)(C)CC(C)(C)C)c(OC)c(S(=O)(=O)O)c1O. The molecule has 1 rings (SSSR count). The maximum atomic E-state index is 12.4. The molecule has 0 heterocycles. The zero-order chi connectivity index (χ0) is 25.4. The molecule has 1 aromatic rings. The van der Waals surface area contributed by atoms with Gasteiger partial charge in [-0.3, -0.25) is 4.55 Å². The van der Waals surface area contributed by atoms with E-state index in [2.05, 4.69) is 62.3 Å². The maximum absolute atomic E-state index is 12.4. The van der Waals surface area contributed by atoms with Crippen molar-refractivity contribution >= 4 is 10.1 Å². The molecule has 0 aliphatic carbocycles. The van der Waals surface area contributed by atoms with Crippen molar-refractivity contribution in [2.45, 2.75) is 106 Å². The van der Waals surface area contributed by atoms with Gasteiger partial charge in [-0.25, -0.2) is 0 Å². The van der Waals surface area contributed by atoms with Gasteiger partial charge in [0.1, 0.15) is 11.5 Å². The molecule has 1 unspecified atom stereocenters. The fourth-order valence-corrected chi connectivity index (χ4v) is 7.37. The van der Waals surface area contributed by atoms with Gasteiger partial charge in [-0.2, -0.15) is 8.42 Å². The van der Waals surface area contributed by atoms with E-state index in [1.54, 1.807) is 0 Å². The molecule has 0 spiro atoms. The molecule has 1 atom stereocenters. The largest absolute Gasteiger partial charge is 0.506 e. The minimum atomic E-state index is -4.71. The first-order valence-corrected chi connectivity index (χ1v) is 13.0. The van der Waals surface area contributed by atoms with Crippen LogP contribution < -0.4 is 4.74 Å². The summed E-state index contributed by atoms with van der Waals surface area (Å²) in [5.41, 5.74) is 1.75. The average Bonchev–Trinajstić information content (AvgIpc) is 2.51. The van der Waals surface area contributed by atoms with Gasteiger partial charge in [0.25, 0.3) is 0 Å². The van der Waals surface area contributed by atoms with Crippen molar-refractivity contribution in [3.8, 4) is 11.5 Å².